The van der Waals surface area contributed by atoms with Crippen LogP contribution < -0.4 is 10.6 Å². The number of carbonyl (C=O) groups is 1. The van der Waals surface area contributed by atoms with Crippen molar-refractivity contribution in [3.8, 4) is 0 Å². The van der Waals surface area contributed by atoms with E-state index in [1.165, 1.54) is 6.42 Å². The number of halogens is 1. The number of hydrogen-bond acceptors (Lipinski definition) is 3. The van der Waals surface area contributed by atoms with Gasteiger partial charge in [0.05, 0.1) is 4.75 Å². The second-order valence-corrected chi connectivity index (χ2v) is 8.18. The minimum Gasteiger partial charge on any atom is -0.353 e. The molecule has 1 amide bonds. The third-order valence-corrected chi connectivity index (χ3v) is 5.14. The molecule has 0 aliphatic carbocycles. The van der Waals surface area contributed by atoms with Crippen molar-refractivity contribution in [3.63, 3.8) is 0 Å². The van der Waals surface area contributed by atoms with E-state index in [9.17, 15) is 4.79 Å². The van der Waals surface area contributed by atoms with Crippen molar-refractivity contribution in [2.75, 3.05) is 13.1 Å². The van der Waals surface area contributed by atoms with Crippen LogP contribution in [0.25, 0.3) is 0 Å². The van der Waals surface area contributed by atoms with Crippen molar-refractivity contribution in [1.29, 1.82) is 0 Å². The molecule has 1 aromatic rings. The molecule has 5 heteroatoms. The zero-order valence-electron chi connectivity index (χ0n) is 11.9. The number of thioether (sulfide) groups is 1. The van der Waals surface area contributed by atoms with Gasteiger partial charge in [-0.25, -0.2) is 0 Å². The van der Waals surface area contributed by atoms with Crippen LogP contribution >= 0.6 is 27.7 Å². The first-order valence-corrected chi connectivity index (χ1v) is 8.54. The molecule has 110 valence electrons. The topological polar surface area (TPSA) is 41.1 Å². The first-order valence-electron chi connectivity index (χ1n) is 6.94. The van der Waals surface area contributed by atoms with Gasteiger partial charge in [0, 0.05) is 22.0 Å². The van der Waals surface area contributed by atoms with Gasteiger partial charge in [-0.2, -0.15) is 0 Å². The molecule has 2 rings (SSSR count). The molecular formula is C15H21BrN2OS. The fourth-order valence-corrected chi connectivity index (χ4v) is 3.49. The number of rotatable bonds is 5. The summed E-state index contributed by atoms with van der Waals surface area (Å²) in [5, 5.41) is 6.46. The van der Waals surface area contributed by atoms with Gasteiger partial charge in [0.15, 0.2) is 0 Å². The summed E-state index contributed by atoms with van der Waals surface area (Å²) < 4.78 is 0.586. The Morgan fingerprint density at radius 1 is 1.45 bits per heavy atom. The Morgan fingerprint density at radius 2 is 2.15 bits per heavy atom. The molecule has 0 saturated carbocycles. The largest absolute Gasteiger partial charge is 0.353 e. The summed E-state index contributed by atoms with van der Waals surface area (Å²) in [6.07, 6.45) is 2.36. The predicted octanol–water partition coefficient (Wildman–Crippen LogP) is 3.19. The molecule has 1 fully saturated rings. The summed E-state index contributed by atoms with van der Waals surface area (Å²) >= 11 is 5.01. The molecule has 1 aliphatic heterocycles. The highest BCUT2D eigenvalue weighted by atomic mass is 79.9. The zero-order valence-corrected chi connectivity index (χ0v) is 14.3. The highest BCUT2D eigenvalue weighted by Gasteiger charge is 2.29. The van der Waals surface area contributed by atoms with Crippen LogP contribution in [0.4, 0.5) is 0 Å². The Morgan fingerprint density at radius 3 is 2.75 bits per heavy atom. The third kappa shape index (κ3) is 4.50. The van der Waals surface area contributed by atoms with E-state index < -0.39 is 4.75 Å². The fourth-order valence-electron chi connectivity index (χ4n) is 2.20. The van der Waals surface area contributed by atoms with E-state index in [0.717, 1.165) is 28.9 Å². The molecule has 3 nitrogen and oxygen atoms in total. The third-order valence-electron chi connectivity index (χ3n) is 3.40. The Kier molecular flexibility index (Phi) is 5.52. The van der Waals surface area contributed by atoms with Gasteiger partial charge in [0.1, 0.15) is 0 Å². The van der Waals surface area contributed by atoms with E-state index in [2.05, 4.69) is 26.6 Å². The van der Waals surface area contributed by atoms with E-state index in [4.69, 9.17) is 0 Å². The van der Waals surface area contributed by atoms with Crippen molar-refractivity contribution < 1.29 is 4.79 Å². The van der Waals surface area contributed by atoms with E-state index in [1.54, 1.807) is 11.8 Å². The molecule has 1 saturated heterocycles. The Balaban J connectivity index is 1.87. The number of hydrogen-bond donors (Lipinski definition) is 2. The van der Waals surface area contributed by atoms with Gasteiger partial charge in [-0.15, -0.1) is 11.8 Å². The fraction of sp³-hybridized carbons (Fsp3) is 0.533. The maximum Gasteiger partial charge on any atom is 0.236 e. The quantitative estimate of drug-likeness (QED) is 0.796. The molecule has 0 bridgehead atoms. The molecule has 1 aromatic carbocycles. The lowest BCUT2D eigenvalue weighted by Gasteiger charge is -2.24. The van der Waals surface area contributed by atoms with Crippen LogP contribution in [0.3, 0.4) is 0 Å². The molecule has 1 atom stereocenters. The summed E-state index contributed by atoms with van der Waals surface area (Å²) in [6.45, 7) is 5.73. The Hall–Kier alpha value is -0.520. The van der Waals surface area contributed by atoms with Crippen molar-refractivity contribution in [2.45, 2.75) is 42.4 Å². The highest BCUT2D eigenvalue weighted by molar-refractivity contribution is 9.10. The summed E-state index contributed by atoms with van der Waals surface area (Å²) in [5.74, 6) is 0.0964. The molecule has 0 spiro atoms. The maximum atomic E-state index is 12.3. The number of amides is 1. The second kappa shape index (κ2) is 6.96. The smallest absolute Gasteiger partial charge is 0.236 e. The van der Waals surface area contributed by atoms with Crippen LogP contribution in [0, 0.1) is 0 Å². The Labute approximate surface area is 133 Å². The molecule has 20 heavy (non-hydrogen) atoms. The average molecular weight is 357 g/mol. The van der Waals surface area contributed by atoms with Crippen molar-refractivity contribution >= 4 is 33.6 Å². The molecule has 0 aromatic heterocycles. The second-order valence-electron chi connectivity index (χ2n) is 5.57. The van der Waals surface area contributed by atoms with Crippen LogP contribution in [-0.4, -0.2) is 29.8 Å². The minimum absolute atomic E-state index is 0.0964. The summed E-state index contributed by atoms with van der Waals surface area (Å²) in [4.78, 5) is 13.4. The SMILES string of the molecule is CC(C)(Sc1ccc(Br)cc1)C(=O)NCC1CCCN1. The standard InChI is InChI=1S/C15H21BrN2OS/c1-15(2,20-13-7-5-11(16)6-8-13)14(19)18-10-12-4-3-9-17-12/h5-8,12,17H,3-4,9-10H2,1-2H3,(H,18,19). The van der Waals surface area contributed by atoms with Gasteiger partial charge < -0.3 is 10.6 Å². The summed E-state index contributed by atoms with van der Waals surface area (Å²) in [6, 6.07) is 8.50. The average Bonchev–Trinajstić information content (AvgIpc) is 2.91. The van der Waals surface area contributed by atoms with E-state index >= 15 is 0 Å². The van der Waals surface area contributed by atoms with E-state index in [0.29, 0.717) is 6.04 Å². The van der Waals surface area contributed by atoms with Crippen LogP contribution in [0.2, 0.25) is 0 Å². The van der Waals surface area contributed by atoms with E-state index in [-0.39, 0.29) is 5.91 Å². The van der Waals surface area contributed by atoms with Crippen LogP contribution in [0.5, 0.6) is 0 Å². The van der Waals surface area contributed by atoms with Crippen LogP contribution in [0.15, 0.2) is 33.6 Å². The van der Waals surface area contributed by atoms with E-state index in [1.807, 2.05) is 38.1 Å². The predicted molar refractivity (Wildman–Crippen MR) is 88.1 cm³/mol. The summed E-state index contributed by atoms with van der Waals surface area (Å²) in [5.41, 5.74) is 0. The zero-order chi connectivity index (χ0) is 14.6. The summed E-state index contributed by atoms with van der Waals surface area (Å²) in [7, 11) is 0. The Bertz CT molecular complexity index is 455. The van der Waals surface area contributed by atoms with Gasteiger partial charge >= 0.3 is 0 Å². The lowest BCUT2D eigenvalue weighted by Crippen LogP contribution is -2.44. The minimum atomic E-state index is -0.466. The molecule has 0 radical (unpaired) electrons. The van der Waals surface area contributed by atoms with Gasteiger partial charge in [-0.3, -0.25) is 4.79 Å². The van der Waals surface area contributed by atoms with Crippen molar-refractivity contribution in [3.05, 3.63) is 28.7 Å². The lowest BCUT2D eigenvalue weighted by atomic mass is 10.1. The number of benzene rings is 1. The molecule has 1 aliphatic rings. The number of carbonyl (C=O) groups excluding carboxylic acids is 1. The number of nitrogens with one attached hydrogen (secondary N) is 2. The van der Waals surface area contributed by atoms with Gasteiger partial charge in [0.2, 0.25) is 5.91 Å². The van der Waals surface area contributed by atoms with Crippen molar-refractivity contribution in [1.82, 2.24) is 10.6 Å². The lowest BCUT2D eigenvalue weighted by molar-refractivity contribution is -0.122. The van der Waals surface area contributed by atoms with Gasteiger partial charge in [0.25, 0.3) is 0 Å². The van der Waals surface area contributed by atoms with Crippen LogP contribution in [-0.2, 0) is 4.79 Å². The monoisotopic (exact) mass is 356 g/mol. The normalized spacial score (nSPS) is 19.1. The first-order chi connectivity index (χ1) is 9.47. The molecular weight excluding hydrogens is 336 g/mol. The molecule has 1 unspecified atom stereocenters. The first kappa shape index (κ1) is 15.9. The van der Waals surface area contributed by atoms with Crippen molar-refractivity contribution in [2.24, 2.45) is 0 Å². The van der Waals surface area contributed by atoms with Crippen LogP contribution in [0.1, 0.15) is 26.7 Å². The van der Waals surface area contributed by atoms with Gasteiger partial charge in [-0.1, -0.05) is 15.9 Å². The highest BCUT2D eigenvalue weighted by Crippen LogP contribution is 2.33. The maximum absolute atomic E-state index is 12.3. The van der Waals surface area contributed by atoms with Gasteiger partial charge in [-0.05, 0) is 57.5 Å². The molecule has 1 heterocycles. The molecule has 2 N–H and O–H groups in total.